The minimum atomic E-state index is -0.787. The average Bonchev–Trinajstić information content (AvgIpc) is 3.33. The number of carbonyl (C=O) groups excluding carboxylic acids is 3. The van der Waals surface area contributed by atoms with Gasteiger partial charge in [-0.05, 0) is 89.9 Å². The van der Waals surface area contributed by atoms with Crippen molar-refractivity contribution in [2.24, 2.45) is 0 Å². The minimum Gasteiger partial charge on any atom is -0.462 e. The van der Waals surface area contributed by atoms with Gasteiger partial charge in [0.15, 0.2) is 6.10 Å². The predicted molar refractivity (Wildman–Crippen MR) is 288 cm³/mol. The van der Waals surface area contributed by atoms with Crippen molar-refractivity contribution in [3.8, 4) is 0 Å². The summed E-state index contributed by atoms with van der Waals surface area (Å²) < 4.78 is 16.8. The summed E-state index contributed by atoms with van der Waals surface area (Å²) in [6, 6.07) is 0. The SMILES string of the molecule is CC/C=C\C/C=C\C/C=C\C/C=C\C/C=C\CCCCCC(=O)OC[C@H](COC(=O)CCCCCCCCCCC/C=C\CCCCCCCC)OC(=O)CCCCCCCCCCCCC. The van der Waals surface area contributed by atoms with Gasteiger partial charge in [-0.25, -0.2) is 0 Å². The van der Waals surface area contributed by atoms with Gasteiger partial charge in [0, 0.05) is 19.3 Å². The van der Waals surface area contributed by atoms with Crippen molar-refractivity contribution in [1.29, 1.82) is 0 Å². The molecule has 0 N–H and O–H groups in total. The second-order valence-corrected chi connectivity index (χ2v) is 18.8. The Morgan fingerprint density at radius 2 is 0.582 bits per heavy atom. The van der Waals surface area contributed by atoms with E-state index in [1.165, 1.54) is 141 Å². The molecule has 0 aromatic rings. The van der Waals surface area contributed by atoms with Crippen molar-refractivity contribution >= 4 is 17.9 Å². The molecule has 0 bridgehead atoms. The Morgan fingerprint density at radius 3 is 0.940 bits per heavy atom. The van der Waals surface area contributed by atoms with Crippen molar-refractivity contribution in [1.82, 2.24) is 0 Å². The lowest BCUT2D eigenvalue weighted by atomic mass is 10.1. The first-order valence-electron chi connectivity index (χ1n) is 28.4. The highest BCUT2D eigenvalue weighted by Gasteiger charge is 2.19. The van der Waals surface area contributed by atoms with Gasteiger partial charge in [0.05, 0.1) is 0 Å². The third-order valence-corrected chi connectivity index (χ3v) is 12.2. The number of rotatable bonds is 51. The molecule has 0 unspecified atom stereocenters. The number of hydrogen-bond donors (Lipinski definition) is 0. The van der Waals surface area contributed by atoms with Crippen molar-refractivity contribution in [3.63, 3.8) is 0 Å². The van der Waals surface area contributed by atoms with Gasteiger partial charge in [0.2, 0.25) is 0 Å². The van der Waals surface area contributed by atoms with Crippen LogP contribution < -0.4 is 0 Å². The zero-order chi connectivity index (χ0) is 48.6. The number of esters is 3. The zero-order valence-corrected chi connectivity index (χ0v) is 44.2. The zero-order valence-electron chi connectivity index (χ0n) is 44.2. The minimum absolute atomic E-state index is 0.0850. The Hall–Kier alpha value is -3.15. The summed E-state index contributed by atoms with van der Waals surface area (Å²) in [4.78, 5) is 38.1. The van der Waals surface area contributed by atoms with Crippen LogP contribution in [0.3, 0.4) is 0 Å². The van der Waals surface area contributed by atoms with Crippen LogP contribution in [0.25, 0.3) is 0 Å². The molecule has 0 aliphatic heterocycles. The molecule has 6 nitrogen and oxygen atoms in total. The third kappa shape index (κ3) is 53.7. The maximum absolute atomic E-state index is 12.8. The monoisotopic (exact) mass is 935 g/mol. The molecule has 0 saturated carbocycles. The van der Waals surface area contributed by atoms with Crippen molar-refractivity contribution in [3.05, 3.63) is 72.9 Å². The fraction of sp³-hybridized carbons (Fsp3) is 0.754. The van der Waals surface area contributed by atoms with E-state index in [1.54, 1.807) is 0 Å². The highest BCUT2D eigenvalue weighted by atomic mass is 16.6. The average molecular weight is 936 g/mol. The smallest absolute Gasteiger partial charge is 0.306 e. The molecule has 0 spiro atoms. The standard InChI is InChI=1S/C61H106O6/c1-4-7-10-13-16-19-22-24-26-28-30-32-34-36-39-41-44-47-50-53-59(62)65-56-58(67-61(64)55-52-49-46-43-38-21-18-15-12-9-6-3)57-66-60(63)54-51-48-45-42-40-37-35-33-31-29-27-25-23-20-17-14-11-8-5-2/h7,10,16,19,24-27,30,32,36,39,58H,4-6,8-9,11-15,17-18,20-23,28-29,31,33-35,37-38,40-57H2,1-3H3/b10-7-,19-16-,26-24-,27-25-,32-30-,39-36-/t58-/m1/s1. The summed E-state index contributed by atoms with van der Waals surface area (Å²) in [5.74, 6) is -0.913. The van der Waals surface area contributed by atoms with E-state index in [9.17, 15) is 14.4 Å². The molecule has 0 radical (unpaired) electrons. The molecule has 1 atom stereocenters. The Balaban J connectivity index is 4.36. The predicted octanol–water partition coefficient (Wildman–Crippen LogP) is 19.0. The first-order valence-corrected chi connectivity index (χ1v) is 28.4. The largest absolute Gasteiger partial charge is 0.462 e. The normalized spacial score (nSPS) is 12.6. The van der Waals surface area contributed by atoms with Crippen LogP contribution in [0.1, 0.15) is 278 Å². The van der Waals surface area contributed by atoms with Crippen molar-refractivity contribution in [2.45, 2.75) is 284 Å². The highest BCUT2D eigenvalue weighted by Crippen LogP contribution is 2.15. The second-order valence-electron chi connectivity index (χ2n) is 18.8. The Kier molecular flexibility index (Phi) is 52.8. The van der Waals surface area contributed by atoms with Crippen LogP contribution in [0.2, 0.25) is 0 Å². The molecule has 0 amide bonds. The summed E-state index contributed by atoms with van der Waals surface area (Å²) >= 11 is 0. The van der Waals surface area contributed by atoms with Crippen molar-refractivity contribution in [2.75, 3.05) is 13.2 Å². The van der Waals surface area contributed by atoms with Crippen LogP contribution >= 0.6 is 0 Å². The molecular formula is C61H106O6. The van der Waals surface area contributed by atoms with Gasteiger partial charge in [0.25, 0.3) is 0 Å². The van der Waals surface area contributed by atoms with Crippen LogP contribution in [-0.2, 0) is 28.6 Å². The lowest BCUT2D eigenvalue weighted by molar-refractivity contribution is -0.167. The van der Waals surface area contributed by atoms with Crippen LogP contribution in [0, 0.1) is 0 Å². The van der Waals surface area contributed by atoms with E-state index in [2.05, 4.69) is 93.7 Å². The lowest BCUT2D eigenvalue weighted by Gasteiger charge is -2.18. The molecule has 0 aliphatic rings. The molecule has 0 rings (SSSR count). The fourth-order valence-corrected chi connectivity index (χ4v) is 7.93. The topological polar surface area (TPSA) is 78.9 Å². The Bertz CT molecular complexity index is 1260. The van der Waals surface area contributed by atoms with Gasteiger partial charge in [-0.2, -0.15) is 0 Å². The first-order chi connectivity index (χ1) is 33.0. The van der Waals surface area contributed by atoms with Crippen LogP contribution in [0.4, 0.5) is 0 Å². The molecule has 0 saturated heterocycles. The summed E-state index contributed by atoms with van der Waals surface area (Å²) in [5, 5.41) is 0. The molecule has 6 heteroatoms. The number of hydrogen-bond acceptors (Lipinski definition) is 6. The van der Waals surface area contributed by atoms with E-state index in [4.69, 9.17) is 14.2 Å². The van der Waals surface area contributed by atoms with Gasteiger partial charge in [-0.1, -0.05) is 241 Å². The lowest BCUT2D eigenvalue weighted by Crippen LogP contribution is -2.30. The number of allylic oxidation sites excluding steroid dienone is 12. The molecule has 0 aromatic heterocycles. The number of unbranched alkanes of at least 4 members (excludes halogenated alkanes) is 28. The molecule has 0 aliphatic carbocycles. The van der Waals surface area contributed by atoms with E-state index in [0.29, 0.717) is 19.3 Å². The van der Waals surface area contributed by atoms with Crippen LogP contribution in [0.15, 0.2) is 72.9 Å². The summed E-state index contributed by atoms with van der Waals surface area (Å²) in [5.41, 5.74) is 0. The molecule has 386 valence electrons. The van der Waals surface area contributed by atoms with E-state index in [-0.39, 0.29) is 31.1 Å². The Morgan fingerprint density at radius 1 is 0.313 bits per heavy atom. The van der Waals surface area contributed by atoms with Gasteiger partial charge < -0.3 is 14.2 Å². The molecule has 0 aromatic carbocycles. The summed E-state index contributed by atoms with van der Waals surface area (Å²) in [6.45, 7) is 6.50. The Labute approximate surface area is 414 Å². The number of ether oxygens (including phenoxy) is 3. The fourth-order valence-electron chi connectivity index (χ4n) is 7.93. The molecular weight excluding hydrogens is 829 g/mol. The summed E-state index contributed by atoms with van der Waals surface area (Å²) in [6.07, 6.45) is 70.3. The van der Waals surface area contributed by atoms with Gasteiger partial charge >= 0.3 is 17.9 Å². The maximum atomic E-state index is 12.8. The van der Waals surface area contributed by atoms with Crippen LogP contribution in [0.5, 0.6) is 0 Å². The number of carbonyl (C=O) groups is 3. The molecule has 0 fully saturated rings. The van der Waals surface area contributed by atoms with E-state index in [0.717, 1.165) is 96.3 Å². The maximum Gasteiger partial charge on any atom is 0.306 e. The second kappa shape index (κ2) is 55.4. The van der Waals surface area contributed by atoms with Gasteiger partial charge in [0.1, 0.15) is 13.2 Å². The van der Waals surface area contributed by atoms with E-state index in [1.807, 2.05) is 0 Å². The van der Waals surface area contributed by atoms with Gasteiger partial charge in [-0.15, -0.1) is 0 Å². The van der Waals surface area contributed by atoms with Gasteiger partial charge in [-0.3, -0.25) is 14.4 Å². The van der Waals surface area contributed by atoms with Crippen LogP contribution in [-0.4, -0.2) is 37.2 Å². The molecule has 0 heterocycles. The first kappa shape index (κ1) is 63.8. The highest BCUT2D eigenvalue weighted by molar-refractivity contribution is 5.71. The summed E-state index contributed by atoms with van der Waals surface area (Å²) in [7, 11) is 0. The third-order valence-electron chi connectivity index (χ3n) is 12.2. The van der Waals surface area contributed by atoms with E-state index < -0.39 is 6.10 Å². The quantitative estimate of drug-likeness (QED) is 0.0262. The van der Waals surface area contributed by atoms with Crippen molar-refractivity contribution < 1.29 is 28.6 Å². The van der Waals surface area contributed by atoms with E-state index >= 15 is 0 Å². The molecule has 67 heavy (non-hydrogen) atoms.